The topological polar surface area (TPSA) is 110 Å². The number of ether oxygens (including phenoxy) is 2. The minimum Gasteiger partial charge on any atom is -0.494 e. The maximum absolute atomic E-state index is 16.5. The monoisotopic (exact) mass is 538 g/mol. The lowest BCUT2D eigenvalue weighted by Crippen LogP contribution is -2.33. The highest BCUT2D eigenvalue weighted by Gasteiger charge is 2.38. The van der Waals surface area contributed by atoms with E-state index < -0.39 is 36.0 Å². The van der Waals surface area contributed by atoms with Gasteiger partial charge in [-0.2, -0.15) is 5.10 Å². The van der Waals surface area contributed by atoms with Crippen LogP contribution in [0.25, 0.3) is 38.6 Å². The number of H-pyrrole nitrogens is 1. The molecule has 202 valence electrons. The molecule has 0 aliphatic carbocycles. The van der Waals surface area contributed by atoms with Crippen LogP contribution in [0.3, 0.4) is 0 Å². The summed E-state index contributed by atoms with van der Waals surface area (Å²) in [5, 5.41) is 28.8. The molecule has 0 spiro atoms. The van der Waals surface area contributed by atoms with Crippen molar-refractivity contribution in [2.45, 2.75) is 25.9 Å². The first-order chi connectivity index (χ1) is 19.8. The first-order valence-electron chi connectivity index (χ1n) is 13.5. The fraction of sp³-hybridized carbons (Fsp3) is 0.241. The molecular weight excluding hydrogens is 508 g/mol. The molecule has 0 bridgehead atoms. The SMILES string of the molecule is [2H]C([2H])([2H])Oc1cc(-n2c(C(O)(CC)COC)c(-c3ccc(C(=O)O)c(C)c3)c3c(F)c4[nH]ncc4cc32)ccc1F. The van der Waals surface area contributed by atoms with Crippen molar-refractivity contribution in [3.8, 4) is 22.6 Å². The average molecular weight is 539 g/mol. The minimum absolute atomic E-state index is 0.0492. The van der Waals surface area contributed by atoms with Crippen molar-refractivity contribution in [1.82, 2.24) is 14.8 Å². The van der Waals surface area contributed by atoms with Gasteiger partial charge >= 0.3 is 5.97 Å². The summed E-state index contributed by atoms with van der Waals surface area (Å²) in [6, 6.07) is 9.67. The van der Waals surface area contributed by atoms with Crippen LogP contribution in [0.15, 0.2) is 48.7 Å². The number of benzene rings is 3. The second-order valence-corrected chi connectivity index (χ2v) is 9.35. The fourth-order valence-electron chi connectivity index (χ4n) is 5.14. The lowest BCUT2D eigenvalue weighted by Gasteiger charge is -2.30. The van der Waals surface area contributed by atoms with Gasteiger partial charge in [0.05, 0.1) is 40.7 Å². The van der Waals surface area contributed by atoms with Crippen molar-refractivity contribution in [2.24, 2.45) is 0 Å². The Kier molecular flexibility index (Phi) is 5.69. The number of hydrogen-bond donors (Lipinski definition) is 3. The van der Waals surface area contributed by atoms with Gasteiger partial charge in [0.2, 0.25) is 0 Å². The molecule has 1 atom stereocenters. The zero-order chi connectivity index (χ0) is 30.6. The van der Waals surface area contributed by atoms with Crippen LogP contribution in [0.4, 0.5) is 8.78 Å². The lowest BCUT2D eigenvalue weighted by atomic mass is 9.88. The van der Waals surface area contributed by atoms with E-state index in [0.717, 1.165) is 12.1 Å². The van der Waals surface area contributed by atoms with Gasteiger partial charge in [-0.3, -0.25) is 5.10 Å². The van der Waals surface area contributed by atoms with Gasteiger partial charge in [0.15, 0.2) is 17.4 Å². The molecule has 5 rings (SSSR count). The molecule has 10 heteroatoms. The molecule has 8 nitrogen and oxygen atoms in total. The van der Waals surface area contributed by atoms with Crippen LogP contribution in [0.2, 0.25) is 0 Å². The van der Waals surface area contributed by atoms with E-state index in [2.05, 4.69) is 10.2 Å². The maximum atomic E-state index is 16.5. The van der Waals surface area contributed by atoms with Gasteiger partial charge in [-0.1, -0.05) is 19.1 Å². The molecule has 0 aliphatic rings. The number of fused-ring (bicyclic) bond motifs is 2. The summed E-state index contributed by atoms with van der Waals surface area (Å²) < 4.78 is 65.4. The Labute approximate surface area is 226 Å². The van der Waals surface area contributed by atoms with Crippen LogP contribution in [-0.4, -0.2) is 51.7 Å². The van der Waals surface area contributed by atoms with E-state index in [0.29, 0.717) is 16.5 Å². The Morgan fingerprint density at radius 2 is 2.03 bits per heavy atom. The molecule has 0 radical (unpaired) electrons. The fourth-order valence-corrected chi connectivity index (χ4v) is 5.14. The number of nitrogens with zero attached hydrogens (tertiary/aromatic N) is 2. The Morgan fingerprint density at radius 1 is 1.23 bits per heavy atom. The Balaban J connectivity index is 1.99. The number of methoxy groups -OCH3 is 2. The molecule has 2 aromatic heterocycles. The Morgan fingerprint density at radius 3 is 2.69 bits per heavy atom. The van der Waals surface area contributed by atoms with Crippen molar-refractivity contribution < 1.29 is 37.4 Å². The highest BCUT2D eigenvalue weighted by atomic mass is 19.1. The maximum Gasteiger partial charge on any atom is 0.335 e. The van der Waals surface area contributed by atoms with Crippen molar-refractivity contribution in [1.29, 1.82) is 0 Å². The van der Waals surface area contributed by atoms with Gasteiger partial charge in [-0.15, -0.1) is 0 Å². The average Bonchev–Trinajstić information content (AvgIpc) is 3.53. The predicted molar refractivity (Wildman–Crippen MR) is 143 cm³/mol. The molecule has 0 saturated heterocycles. The third-order valence-electron chi connectivity index (χ3n) is 7.04. The van der Waals surface area contributed by atoms with Crippen molar-refractivity contribution in [3.63, 3.8) is 0 Å². The number of halogens is 2. The van der Waals surface area contributed by atoms with E-state index in [1.54, 1.807) is 26.0 Å². The number of aromatic carboxylic acids is 1. The molecule has 0 aliphatic heterocycles. The highest BCUT2D eigenvalue weighted by Crippen LogP contribution is 2.46. The van der Waals surface area contributed by atoms with Gasteiger partial charge < -0.3 is 24.3 Å². The molecule has 3 N–H and O–H groups in total. The Hall–Kier alpha value is -4.28. The van der Waals surface area contributed by atoms with E-state index in [9.17, 15) is 19.4 Å². The zero-order valence-corrected chi connectivity index (χ0v) is 21.3. The molecule has 0 fully saturated rings. The molecular formula is C29H27F2N3O5. The second kappa shape index (κ2) is 9.79. The van der Waals surface area contributed by atoms with Gasteiger partial charge in [-0.25, -0.2) is 13.6 Å². The van der Waals surface area contributed by atoms with Crippen molar-refractivity contribution in [2.75, 3.05) is 20.8 Å². The smallest absolute Gasteiger partial charge is 0.335 e. The van der Waals surface area contributed by atoms with E-state index in [1.807, 2.05) is 0 Å². The van der Waals surface area contributed by atoms with Crippen LogP contribution in [0.5, 0.6) is 5.75 Å². The largest absolute Gasteiger partial charge is 0.494 e. The van der Waals surface area contributed by atoms with Crippen molar-refractivity contribution >= 4 is 27.8 Å². The predicted octanol–water partition coefficient (Wildman–Crippen LogP) is 5.71. The van der Waals surface area contributed by atoms with Crippen LogP contribution in [0, 0.1) is 18.6 Å². The molecule has 1 unspecified atom stereocenters. The lowest BCUT2D eigenvalue weighted by molar-refractivity contribution is -0.0422. The standard InChI is InChI=1S/C29H27F2N3O5/c1-5-29(37,14-38-3)27-23(16-6-8-19(28(35)36)15(2)10-16)24-21(11-17-13-32-33-26(17)25(24)31)34(27)18-7-9-20(30)22(12-18)39-4/h6-13,37H,5,14H2,1-4H3,(H,32,33)(H,35,36)/i4D3. The summed E-state index contributed by atoms with van der Waals surface area (Å²) in [4.78, 5) is 11.7. The van der Waals surface area contributed by atoms with E-state index in [-0.39, 0.29) is 52.0 Å². The number of carboxylic acids is 1. The third kappa shape index (κ3) is 4.12. The van der Waals surface area contributed by atoms with Gasteiger partial charge in [0.1, 0.15) is 11.1 Å². The number of nitrogens with one attached hydrogen (secondary N) is 1. The summed E-state index contributed by atoms with van der Waals surface area (Å²) in [5.41, 5.74) is 0.0251. The molecule has 5 aromatic rings. The van der Waals surface area contributed by atoms with Crippen LogP contribution < -0.4 is 4.74 Å². The molecule has 3 aromatic carbocycles. The number of carboxylic acid groups (broad SMARTS) is 1. The number of aryl methyl sites for hydroxylation is 1. The van der Waals surface area contributed by atoms with Gasteiger partial charge in [-0.05, 0) is 48.7 Å². The summed E-state index contributed by atoms with van der Waals surface area (Å²) >= 11 is 0. The highest BCUT2D eigenvalue weighted by molar-refractivity contribution is 6.07. The number of aromatic amines is 1. The first kappa shape index (κ1) is 22.7. The van der Waals surface area contributed by atoms with Gasteiger partial charge in [0, 0.05) is 35.2 Å². The summed E-state index contributed by atoms with van der Waals surface area (Å²) in [7, 11) is -1.56. The molecule has 39 heavy (non-hydrogen) atoms. The number of aliphatic hydroxyl groups is 1. The molecule has 2 heterocycles. The van der Waals surface area contributed by atoms with Crippen LogP contribution >= 0.6 is 0 Å². The third-order valence-corrected chi connectivity index (χ3v) is 7.04. The number of aromatic nitrogens is 3. The normalized spacial score (nSPS) is 14.7. The zero-order valence-electron chi connectivity index (χ0n) is 24.3. The first-order valence-corrected chi connectivity index (χ1v) is 12.0. The van der Waals surface area contributed by atoms with Crippen LogP contribution in [-0.2, 0) is 10.3 Å². The summed E-state index contributed by atoms with van der Waals surface area (Å²) in [5.74, 6) is -3.32. The van der Waals surface area contributed by atoms with E-state index in [1.165, 1.54) is 36.1 Å². The van der Waals surface area contributed by atoms with E-state index >= 15 is 4.39 Å². The number of hydrogen-bond acceptors (Lipinski definition) is 5. The summed E-state index contributed by atoms with van der Waals surface area (Å²) in [6.45, 7) is 3.09. The number of rotatable bonds is 8. The van der Waals surface area contributed by atoms with E-state index in [4.69, 9.17) is 13.6 Å². The summed E-state index contributed by atoms with van der Waals surface area (Å²) in [6.07, 6.45) is 1.52. The molecule has 0 saturated carbocycles. The van der Waals surface area contributed by atoms with Gasteiger partial charge in [0.25, 0.3) is 0 Å². The van der Waals surface area contributed by atoms with Crippen molar-refractivity contribution in [3.05, 3.63) is 77.1 Å². The molecule has 0 amide bonds. The quantitative estimate of drug-likeness (QED) is 0.233. The Bertz CT molecular complexity index is 1850. The number of carbonyl (C=O) groups is 1. The second-order valence-electron chi connectivity index (χ2n) is 9.35. The van der Waals surface area contributed by atoms with Crippen LogP contribution in [0.1, 0.15) is 39.1 Å². The minimum atomic E-state index is -2.95.